The summed E-state index contributed by atoms with van der Waals surface area (Å²) in [6.45, 7) is 3.06. The molecule has 1 fully saturated rings. The maximum Gasteiger partial charge on any atom is 0.338 e. The average molecular weight is 567 g/mol. The van der Waals surface area contributed by atoms with E-state index >= 15 is 0 Å². The molecule has 4 aliphatic rings. The monoisotopic (exact) mass is 566 g/mol. The summed E-state index contributed by atoms with van der Waals surface area (Å²) in [6.07, 6.45) is 0.710. The van der Waals surface area contributed by atoms with Crippen molar-refractivity contribution in [1.29, 1.82) is 0 Å². The molecule has 214 valence electrons. The summed E-state index contributed by atoms with van der Waals surface area (Å²) in [5, 5.41) is 2.60. The summed E-state index contributed by atoms with van der Waals surface area (Å²) in [5.74, 6) is -4.45. The molecule has 9 nitrogen and oxygen atoms in total. The van der Waals surface area contributed by atoms with Crippen LogP contribution in [-0.2, 0) is 28.7 Å². The lowest BCUT2D eigenvalue weighted by Gasteiger charge is -2.45. The second-order valence-electron chi connectivity index (χ2n) is 10.9. The Bertz CT molecular complexity index is 1480. The van der Waals surface area contributed by atoms with Gasteiger partial charge in [-0.1, -0.05) is 55.5 Å². The molecule has 0 aromatic heterocycles. The van der Waals surface area contributed by atoms with E-state index in [1.165, 1.54) is 19.1 Å². The number of hydrogen-bond donors (Lipinski definition) is 1. The van der Waals surface area contributed by atoms with Crippen molar-refractivity contribution < 1.29 is 33.4 Å². The maximum absolute atomic E-state index is 13.8. The Hall–Kier alpha value is -4.79. The van der Waals surface area contributed by atoms with Gasteiger partial charge in [0.05, 0.1) is 24.0 Å². The predicted octanol–water partition coefficient (Wildman–Crippen LogP) is 4.02. The summed E-state index contributed by atoms with van der Waals surface area (Å²) >= 11 is 0. The van der Waals surface area contributed by atoms with Crippen LogP contribution in [0.3, 0.4) is 0 Å². The van der Waals surface area contributed by atoms with Gasteiger partial charge < -0.3 is 14.8 Å². The Morgan fingerprint density at radius 3 is 1.76 bits per heavy atom. The van der Waals surface area contributed by atoms with E-state index in [9.17, 15) is 24.0 Å². The molecule has 1 saturated heterocycles. The fourth-order valence-electron chi connectivity index (χ4n) is 6.61. The zero-order chi connectivity index (χ0) is 29.5. The Morgan fingerprint density at radius 2 is 1.29 bits per heavy atom. The number of hydrogen-bond acceptors (Lipinski definition) is 7. The van der Waals surface area contributed by atoms with E-state index in [1.807, 2.05) is 55.5 Å². The number of benzene rings is 3. The van der Waals surface area contributed by atoms with Crippen LogP contribution in [0.1, 0.15) is 64.7 Å². The minimum Gasteiger partial charge on any atom is -0.462 e. The fraction of sp³-hybridized carbons (Fsp3) is 0.303. The first kappa shape index (κ1) is 27.4. The lowest BCUT2D eigenvalue weighted by Crippen LogP contribution is -2.45. The number of amides is 3. The van der Waals surface area contributed by atoms with Crippen LogP contribution in [0.5, 0.6) is 0 Å². The van der Waals surface area contributed by atoms with Gasteiger partial charge in [-0.25, -0.2) is 9.59 Å². The van der Waals surface area contributed by atoms with Crippen molar-refractivity contribution >= 4 is 35.3 Å². The van der Waals surface area contributed by atoms with Gasteiger partial charge in [0, 0.05) is 17.5 Å². The van der Waals surface area contributed by atoms with Crippen molar-refractivity contribution in [3.8, 4) is 0 Å². The summed E-state index contributed by atoms with van der Waals surface area (Å²) in [4.78, 5) is 66.1. The minimum absolute atomic E-state index is 0.275. The quantitative estimate of drug-likeness (QED) is 0.323. The second kappa shape index (κ2) is 10.9. The number of anilines is 1. The van der Waals surface area contributed by atoms with E-state index in [-0.39, 0.29) is 11.8 Å². The van der Waals surface area contributed by atoms with E-state index in [2.05, 4.69) is 5.32 Å². The number of nitrogens with zero attached hydrogens (tertiary/aromatic N) is 1. The van der Waals surface area contributed by atoms with Gasteiger partial charge in [-0.15, -0.1) is 0 Å². The number of esters is 2. The standard InChI is InChI=1S/C33H30N2O7/c1-3-16-41-33(40)19-12-14-20(15-13-19)34-25(36)17-42-32(39)18(2)35-30(37)28-26-21-8-4-5-9-22(21)27(29(28)31(35)38)24-11-7-6-10-23(24)26/h4-15,18,26-29H,3,16-17H2,1-2H3,(H,34,36)/t18-,26?,27?,28+,29+/m0/s1. The van der Waals surface area contributed by atoms with Crippen LogP contribution in [-0.4, -0.2) is 53.8 Å². The molecule has 3 amide bonds. The molecule has 1 aliphatic heterocycles. The van der Waals surface area contributed by atoms with Crippen LogP contribution in [0.25, 0.3) is 0 Å². The van der Waals surface area contributed by atoms with Crippen LogP contribution in [0.15, 0.2) is 72.8 Å². The van der Waals surface area contributed by atoms with Crippen molar-refractivity contribution in [1.82, 2.24) is 4.90 Å². The summed E-state index contributed by atoms with van der Waals surface area (Å²) in [6, 6.07) is 20.8. The average Bonchev–Trinajstić information content (AvgIpc) is 3.28. The van der Waals surface area contributed by atoms with Crippen molar-refractivity contribution in [2.24, 2.45) is 11.8 Å². The van der Waals surface area contributed by atoms with E-state index in [1.54, 1.807) is 12.1 Å². The molecule has 0 unspecified atom stereocenters. The predicted molar refractivity (Wildman–Crippen MR) is 151 cm³/mol. The van der Waals surface area contributed by atoms with Crippen molar-refractivity contribution in [2.75, 3.05) is 18.5 Å². The Kier molecular flexibility index (Phi) is 7.10. The van der Waals surface area contributed by atoms with E-state index in [0.717, 1.165) is 27.2 Å². The number of carbonyl (C=O) groups excluding carboxylic acids is 5. The number of carbonyl (C=O) groups is 5. The third kappa shape index (κ3) is 4.45. The highest BCUT2D eigenvalue weighted by Crippen LogP contribution is 2.61. The number of likely N-dealkylation sites (tertiary alicyclic amines) is 1. The van der Waals surface area contributed by atoms with Gasteiger partial charge in [0.1, 0.15) is 6.04 Å². The maximum atomic E-state index is 13.8. The molecule has 3 atom stereocenters. The molecule has 3 aliphatic carbocycles. The molecule has 0 saturated carbocycles. The van der Waals surface area contributed by atoms with Crippen LogP contribution in [0.4, 0.5) is 5.69 Å². The Labute approximate surface area is 242 Å². The Balaban J connectivity index is 1.12. The highest BCUT2D eigenvalue weighted by atomic mass is 16.5. The number of rotatable bonds is 8. The lowest BCUT2D eigenvalue weighted by atomic mass is 9.55. The van der Waals surface area contributed by atoms with E-state index in [0.29, 0.717) is 24.3 Å². The SMILES string of the molecule is CCCOC(=O)c1ccc(NC(=O)COC(=O)[C@H](C)N2C(=O)[C@@H]3C4c5ccccc5C(c5ccccc54)[C@H]3C2=O)cc1. The van der Waals surface area contributed by atoms with Gasteiger partial charge in [0.25, 0.3) is 5.91 Å². The number of imide groups is 1. The summed E-state index contributed by atoms with van der Waals surface area (Å²) in [7, 11) is 0. The van der Waals surface area contributed by atoms with Gasteiger partial charge in [-0.2, -0.15) is 0 Å². The van der Waals surface area contributed by atoms with Gasteiger partial charge in [-0.05, 0) is 59.9 Å². The summed E-state index contributed by atoms with van der Waals surface area (Å²) in [5.41, 5.74) is 4.93. The fourth-order valence-corrected chi connectivity index (χ4v) is 6.61. The number of nitrogens with one attached hydrogen (secondary N) is 1. The normalized spacial score (nSPS) is 22.1. The van der Waals surface area contributed by atoms with E-state index < -0.39 is 54.1 Å². The topological polar surface area (TPSA) is 119 Å². The summed E-state index contributed by atoms with van der Waals surface area (Å²) < 4.78 is 10.3. The first-order valence-electron chi connectivity index (χ1n) is 14.1. The molecule has 42 heavy (non-hydrogen) atoms. The Morgan fingerprint density at radius 1 is 0.786 bits per heavy atom. The first-order valence-corrected chi connectivity index (χ1v) is 14.1. The molecule has 1 N–H and O–H groups in total. The smallest absolute Gasteiger partial charge is 0.338 e. The van der Waals surface area contributed by atoms with Crippen molar-refractivity contribution in [2.45, 2.75) is 38.1 Å². The van der Waals surface area contributed by atoms with Crippen LogP contribution < -0.4 is 5.32 Å². The largest absolute Gasteiger partial charge is 0.462 e. The van der Waals surface area contributed by atoms with Gasteiger partial charge in [0.15, 0.2) is 6.61 Å². The molecule has 7 rings (SSSR count). The van der Waals surface area contributed by atoms with Gasteiger partial charge in [-0.3, -0.25) is 19.3 Å². The third-order valence-electron chi connectivity index (χ3n) is 8.40. The third-order valence-corrected chi connectivity index (χ3v) is 8.40. The highest BCUT2D eigenvalue weighted by molar-refractivity contribution is 6.10. The molecule has 0 spiro atoms. The zero-order valence-electron chi connectivity index (χ0n) is 23.2. The molecule has 1 heterocycles. The van der Waals surface area contributed by atoms with Gasteiger partial charge >= 0.3 is 11.9 Å². The highest BCUT2D eigenvalue weighted by Gasteiger charge is 2.62. The van der Waals surface area contributed by atoms with Crippen LogP contribution in [0, 0.1) is 11.8 Å². The molecular weight excluding hydrogens is 536 g/mol. The molecule has 0 radical (unpaired) electrons. The molecule has 2 bridgehead atoms. The van der Waals surface area contributed by atoms with Crippen molar-refractivity contribution in [3.05, 3.63) is 101 Å². The van der Waals surface area contributed by atoms with E-state index in [4.69, 9.17) is 9.47 Å². The van der Waals surface area contributed by atoms with Crippen molar-refractivity contribution in [3.63, 3.8) is 0 Å². The lowest BCUT2D eigenvalue weighted by molar-refractivity contribution is -0.159. The number of ether oxygens (including phenoxy) is 2. The van der Waals surface area contributed by atoms with Crippen LogP contribution >= 0.6 is 0 Å². The molecule has 3 aromatic carbocycles. The second-order valence-corrected chi connectivity index (χ2v) is 10.9. The van der Waals surface area contributed by atoms with Gasteiger partial charge in [0.2, 0.25) is 11.8 Å². The first-order chi connectivity index (χ1) is 20.3. The molecular formula is C33H30N2O7. The molecule has 3 aromatic rings. The minimum atomic E-state index is -1.19. The van der Waals surface area contributed by atoms with Crippen LogP contribution in [0.2, 0.25) is 0 Å². The zero-order valence-corrected chi connectivity index (χ0v) is 23.2. The molecule has 9 heteroatoms.